The van der Waals surface area contributed by atoms with Crippen molar-refractivity contribution < 1.29 is 32.3 Å². The molecule has 2 amide bonds. The van der Waals surface area contributed by atoms with E-state index >= 15 is 0 Å². The number of pyridine rings is 1. The number of piperidine rings is 1. The Morgan fingerprint density at radius 1 is 1.14 bits per heavy atom. The topological polar surface area (TPSA) is 112 Å². The second-order valence-corrected chi connectivity index (χ2v) is 8.03. The van der Waals surface area contributed by atoms with Gasteiger partial charge in [0.05, 0.1) is 11.9 Å². The molecule has 0 bridgehead atoms. The van der Waals surface area contributed by atoms with Crippen molar-refractivity contribution in [2.24, 2.45) is 0 Å². The second kappa shape index (κ2) is 9.65. The molecule has 35 heavy (non-hydrogen) atoms. The van der Waals surface area contributed by atoms with Crippen LogP contribution in [-0.4, -0.2) is 58.2 Å². The largest absolute Gasteiger partial charge is 0.465 e. The van der Waals surface area contributed by atoms with Gasteiger partial charge in [-0.25, -0.2) is 14.8 Å². The van der Waals surface area contributed by atoms with Crippen LogP contribution in [0.3, 0.4) is 0 Å². The summed E-state index contributed by atoms with van der Waals surface area (Å²) in [5, 5.41) is 11.5. The minimum Gasteiger partial charge on any atom is -0.465 e. The molecule has 2 N–H and O–H groups in total. The van der Waals surface area contributed by atoms with Gasteiger partial charge in [0.25, 0.3) is 5.91 Å². The van der Waals surface area contributed by atoms with E-state index in [1.807, 2.05) is 4.90 Å². The van der Waals surface area contributed by atoms with Crippen molar-refractivity contribution in [1.29, 1.82) is 0 Å². The molecule has 1 fully saturated rings. The lowest BCUT2D eigenvalue weighted by atomic mass is 10.0. The highest BCUT2D eigenvalue weighted by Gasteiger charge is 2.42. The normalized spacial score (nSPS) is 14.6. The average molecular weight is 489 g/mol. The van der Waals surface area contributed by atoms with Gasteiger partial charge in [-0.1, -0.05) is 18.2 Å². The summed E-state index contributed by atoms with van der Waals surface area (Å²) in [4.78, 5) is 35.1. The van der Waals surface area contributed by atoms with E-state index in [0.29, 0.717) is 37.3 Å². The van der Waals surface area contributed by atoms with Crippen molar-refractivity contribution in [3.63, 3.8) is 0 Å². The van der Waals surface area contributed by atoms with E-state index in [0.717, 1.165) is 0 Å². The summed E-state index contributed by atoms with van der Waals surface area (Å²) in [5.41, 5.74) is -0.372. The van der Waals surface area contributed by atoms with Gasteiger partial charge >= 0.3 is 12.3 Å². The fourth-order valence-electron chi connectivity index (χ4n) is 3.85. The lowest BCUT2D eigenvalue weighted by molar-refractivity contribution is -0.153. The number of rotatable bonds is 5. The van der Waals surface area contributed by atoms with Crippen molar-refractivity contribution in [3.05, 3.63) is 60.1 Å². The maximum atomic E-state index is 13.5. The number of aromatic nitrogens is 2. The fraction of sp³-hybridized carbons (Fsp3) is 0.304. The summed E-state index contributed by atoms with van der Waals surface area (Å²) < 4.78 is 45.4. The molecule has 0 spiro atoms. The molecular formula is C23H22F3N5O4. The molecule has 0 unspecified atom stereocenters. The van der Waals surface area contributed by atoms with Crippen molar-refractivity contribution in [2.75, 3.05) is 30.4 Å². The summed E-state index contributed by atoms with van der Waals surface area (Å²) in [6.45, 7) is 1.19. The Kier molecular flexibility index (Phi) is 6.63. The van der Waals surface area contributed by atoms with E-state index in [4.69, 9.17) is 9.52 Å². The van der Waals surface area contributed by atoms with Gasteiger partial charge < -0.3 is 24.6 Å². The zero-order valence-corrected chi connectivity index (χ0v) is 18.6. The Bertz CT molecular complexity index is 1190. The highest BCUT2D eigenvalue weighted by molar-refractivity contribution is 6.04. The van der Waals surface area contributed by atoms with Crippen LogP contribution in [0.1, 0.15) is 29.1 Å². The van der Waals surface area contributed by atoms with Crippen LogP contribution in [0.4, 0.5) is 29.5 Å². The van der Waals surface area contributed by atoms with Gasteiger partial charge in [0.2, 0.25) is 11.7 Å². The monoisotopic (exact) mass is 489 g/mol. The molecule has 0 saturated carbocycles. The molecule has 184 valence electrons. The molecule has 12 heteroatoms. The summed E-state index contributed by atoms with van der Waals surface area (Å²) in [6.07, 6.45) is -3.26. The van der Waals surface area contributed by atoms with Crippen LogP contribution < -0.4 is 10.2 Å². The molecule has 0 atom stereocenters. The predicted octanol–water partition coefficient (Wildman–Crippen LogP) is 4.59. The van der Waals surface area contributed by atoms with E-state index in [-0.39, 0.29) is 17.6 Å². The molecule has 1 saturated heterocycles. The molecule has 9 nitrogen and oxygen atoms in total. The molecule has 3 aromatic rings. The van der Waals surface area contributed by atoms with Gasteiger partial charge in [-0.2, -0.15) is 13.2 Å². The summed E-state index contributed by atoms with van der Waals surface area (Å²) in [5.74, 6) is -2.25. The number of alkyl halides is 3. The van der Waals surface area contributed by atoms with Crippen LogP contribution in [0, 0.1) is 0 Å². The number of carboxylic acid groups (broad SMARTS) is 1. The third kappa shape index (κ3) is 5.36. The van der Waals surface area contributed by atoms with Gasteiger partial charge in [-0.3, -0.25) is 4.79 Å². The number of benzene rings is 1. The standard InChI is InChI=1S/C23H22F3N5O4/c1-30(22(33)34)16-9-11-31(12-10-16)17-8-7-15(13-27-17)28-20(32)18-19(23(24,25)26)35-21(29-18)14-5-3-2-4-6-14/h2-8,13,16H,9-12H2,1H3,(H,28,32)(H,33,34). The maximum Gasteiger partial charge on any atom is 0.452 e. The Balaban J connectivity index is 1.45. The van der Waals surface area contributed by atoms with Gasteiger partial charge in [0.15, 0.2) is 5.69 Å². The van der Waals surface area contributed by atoms with Gasteiger partial charge in [-0.05, 0) is 37.1 Å². The molecule has 1 aliphatic rings. The molecule has 0 radical (unpaired) electrons. The summed E-state index contributed by atoms with van der Waals surface area (Å²) in [6, 6.07) is 11.1. The lowest BCUT2D eigenvalue weighted by Gasteiger charge is -2.36. The fourth-order valence-corrected chi connectivity index (χ4v) is 3.85. The first kappa shape index (κ1) is 24.0. The van der Waals surface area contributed by atoms with Crippen LogP contribution in [0.15, 0.2) is 53.1 Å². The number of anilines is 2. The summed E-state index contributed by atoms with van der Waals surface area (Å²) >= 11 is 0. The molecule has 1 aliphatic heterocycles. The third-order valence-electron chi connectivity index (χ3n) is 5.76. The number of hydrogen-bond donors (Lipinski definition) is 2. The molecule has 2 aromatic heterocycles. The average Bonchev–Trinajstić information content (AvgIpc) is 3.31. The minimum atomic E-state index is -4.91. The zero-order valence-electron chi connectivity index (χ0n) is 18.6. The van der Waals surface area contributed by atoms with Gasteiger partial charge in [-0.15, -0.1) is 0 Å². The van der Waals surface area contributed by atoms with Crippen LogP contribution in [-0.2, 0) is 6.18 Å². The minimum absolute atomic E-state index is 0.0756. The lowest BCUT2D eigenvalue weighted by Crippen LogP contribution is -2.45. The quantitative estimate of drug-likeness (QED) is 0.539. The van der Waals surface area contributed by atoms with Crippen molar-refractivity contribution in [2.45, 2.75) is 25.1 Å². The van der Waals surface area contributed by atoms with Crippen LogP contribution in [0.5, 0.6) is 0 Å². The van der Waals surface area contributed by atoms with Crippen molar-refractivity contribution >= 4 is 23.5 Å². The van der Waals surface area contributed by atoms with Crippen LogP contribution in [0.25, 0.3) is 11.5 Å². The number of carbonyl (C=O) groups excluding carboxylic acids is 1. The number of amides is 2. The first-order valence-electron chi connectivity index (χ1n) is 10.7. The highest BCUT2D eigenvalue weighted by atomic mass is 19.4. The molecular weight excluding hydrogens is 467 g/mol. The van der Waals surface area contributed by atoms with E-state index in [9.17, 15) is 22.8 Å². The molecule has 0 aliphatic carbocycles. The van der Waals surface area contributed by atoms with Gasteiger partial charge in [0.1, 0.15) is 5.82 Å². The van der Waals surface area contributed by atoms with Crippen molar-refractivity contribution in [3.8, 4) is 11.5 Å². The first-order valence-corrected chi connectivity index (χ1v) is 10.7. The molecule has 1 aromatic carbocycles. The molecule has 3 heterocycles. The third-order valence-corrected chi connectivity index (χ3v) is 5.76. The smallest absolute Gasteiger partial charge is 0.452 e. The number of hydrogen-bond acceptors (Lipinski definition) is 6. The summed E-state index contributed by atoms with van der Waals surface area (Å²) in [7, 11) is 1.54. The number of carbonyl (C=O) groups is 2. The Hall–Kier alpha value is -4.09. The van der Waals surface area contributed by atoms with E-state index in [2.05, 4.69) is 15.3 Å². The van der Waals surface area contributed by atoms with E-state index in [1.165, 1.54) is 29.3 Å². The van der Waals surface area contributed by atoms with Crippen LogP contribution >= 0.6 is 0 Å². The SMILES string of the molecule is CN(C(=O)O)C1CCN(c2ccc(NC(=O)c3nc(-c4ccccc4)oc3C(F)(F)F)cn2)CC1. The number of nitrogens with zero attached hydrogens (tertiary/aromatic N) is 4. The van der Waals surface area contributed by atoms with E-state index < -0.39 is 29.6 Å². The van der Waals surface area contributed by atoms with Gasteiger partial charge in [0, 0.05) is 31.7 Å². The highest BCUT2D eigenvalue weighted by Crippen LogP contribution is 2.35. The van der Waals surface area contributed by atoms with E-state index in [1.54, 1.807) is 31.3 Å². The Morgan fingerprint density at radius 2 is 1.83 bits per heavy atom. The Labute approximate surface area is 198 Å². The van der Waals surface area contributed by atoms with Crippen molar-refractivity contribution in [1.82, 2.24) is 14.9 Å². The zero-order chi connectivity index (χ0) is 25.2. The second-order valence-electron chi connectivity index (χ2n) is 8.03. The molecule has 4 rings (SSSR count). The van der Waals surface area contributed by atoms with Crippen LogP contribution in [0.2, 0.25) is 0 Å². The maximum absolute atomic E-state index is 13.5. The Morgan fingerprint density at radius 3 is 2.40 bits per heavy atom. The predicted molar refractivity (Wildman–Crippen MR) is 120 cm³/mol. The number of nitrogens with one attached hydrogen (secondary N) is 1. The first-order chi connectivity index (χ1) is 16.6. The number of oxazole rings is 1. The number of halogens is 3.